The average Bonchev–Trinajstić information content (AvgIpc) is 4.31. The molecule has 0 fully saturated rings. The van der Waals surface area contributed by atoms with Crippen molar-refractivity contribution in [3.63, 3.8) is 0 Å². The van der Waals surface area contributed by atoms with E-state index in [4.69, 9.17) is 17.7 Å². The highest BCUT2D eigenvalue weighted by atomic mass is 16.3. The predicted octanol–water partition coefficient (Wildman–Crippen LogP) is 17.5. The molecule has 2 aliphatic heterocycles. The van der Waals surface area contributed by atoms with E-state index in [0.717, 1.165) is 155 Å². The van der Waals surface area contributed by atoms with Gasteiger partial charge in [0.15, 0.2) is 0 Å². The van der Waals surface area contributed by atoms with E-state index in [-0.39, 0.29) is 6.71 Å². The van der Waals surface area contributed by atoms with Crippen molar-refractivity contribution < 1.29 is 17.7 Å². The Kier molecular flexibility index (Phi) is 8.38. The molecule has 0 radical (unpaired) electrons. The number of hydrogen-bond donors (Lipinski definition) is 0. The molecule has 2 aliphatic rings. The van der Waals surface area contributed by atoms with Crippen LogP contribution in [0.5, 0.6) is 0 Å². The molecule has 0 unspecified atom stereocenters. The molecule has 0 amide bonds. The van der Waals surface area contributed by atoms with Gasteiger partial charge in [-0.1, -0.05) is 108 Å². The smallest absolute Gasteiger partial charge is 0.252 e. The van der Waals surface area contributed by atoms with Gasteiger partial charge in [0.1, 0.15) is 44.7 Å². The summed E-state index contributed by atoms with van der Waals surface area (Å²) in [5, 5.41) is 8.51. The van der Waals surface area contributed by atoms with Crippen molar-refractivity contribution in [3.05, 3.63) is 230 Å². The lowest BCUT2D eigenvalue weighted by atomic mass is 9.33. The van der Waals surface area contributed by atoms with Gasteiger partial charge in [0.2, 0.25) is 0 Å². The summed E-state index contributed by atoms with van der Waals surface area (Å²) in [5.41, 5.74) is 22.0. The van der Waals surface area contributed by atoms with E-state index in [1.165, 1.54) is 11.1 Å². The molecule has 17 rings (SSSR count). The molecule has 0 aliphatic carbocycles. The standard InChI is InChI=1S/C68H42BN3O4/c1-39-19-23-41(24-20-39)70(42-25-21-40(2)22-26-42)45-33-58-68-59(34-45)72(44-28-30-65-51(32-44)47-12-4-8-16-61(47)74-65)57-36-53-49-14-6-10-18-63(49)76-67(53)38-55(57)69(68)54-37-66-52(48-13-5-9-17-62(48)75-66)35-56(54)71(58)43-27-29-64-50(31-43)46-11-3-7-15-60(46)73-64/h3-38H,1-2H3. The largest absolute Gasteiger partial charge is 0.456 e. The molecule has 7 nitrogen and oxygen atoms in total. The Hall–Kier alpha value is -9.92. The molecule has 0 atom stereocenters. The second-order valence-electron chi connectivity index (χ2n) is 20.6. The SMILES string of the molecule is Cc1ccc(N(c2ccc(C)cc2)c2cc3c4c(c2)N(c2ccc5oc6ccccc6c5c2)c2cc5c(cc2B4c2cc4oc6ccccc6c4cc2N3c2ccc3oc4ccccc4c3c2)oc2ccccc25)cc1. The summed E-state index contributed by atoms with van der Waals surface area (Å²) in [6.45, 7) is 4.04. The maximum atomic E-state index is 6.83. The third-order valence-corrected chi connectivity index (χ3v) is 16.1. The fourth-order valence-electron chi connectivity index (χ4n) is 12.6. The summed E-state index contributed by atoms with van der Waals surface area (Å²) in [6.07, 6.45) is 0. The first-order chi connectivity index (χ1) is 37.5. The fraction of sp³-hybridized carbons (Fsp3) is 0.0294. The van der Waals surface area contributed by atoms with Crippen molar-refractivity contribution >= 4 is 162 Å². The van der Waals surface area contributed by atoms with Crippen LogP contribution in [0.15, 0.2) is 236 Å². The van der Waals surface area contributed by atoms with Gasteiger partial charge in [0.05, 0.1) is 5.69 Å². The molecule has 4 aromatic heterocycles. The van der Waals surface area contributed by atoms with Crippen molar-refractivity contribution in [1.29, 1.82) is 0 Å². The van der Waals surface area contributed by atoms with Crippen molar-refractivity contribution in [1.82, 2.24) is 0 Å². The van der Waals surface area contributed by atoms with Gasteiger partial charge < -0.3 is 32.4 Å². The topological polar surface area (TPSA) is 62.3 Å². The molecule has 0 saturated carbocycles. The molecule has 76 heavy (non-hydrogen) atoms. The number of aryl methyl sites for hydroxylation is 2. The molecule has 15 aromatic rings. The Morgan fingerprint density at radius 3 is 1.07 bits per heavy atom. The molecule has 0 saturated heterocycles. The maximum absolute atomic E-state index is 6.83. The third kappa shape index (κ3) is 5.89. The first-order valence-corrected chi connectivity index (χ1v) is 25.9. The second kappa shape index (κ2) is 15.3. The van der Waals surface area contributed by atoms with Crippen LogP contribution in [-0.2, 0) is 0 Å². The van der Waals surface area contributed by atoms with Crippen molar-refractivity contribution in [2.45, 2.75) is 13.8 Å². The summed E-state index contributed by atoms with van der Waals surface area (Å²) in [6, 6.07) is 78.7. The van der Waals surface area contributed by atoms with Gasteiger partial charge in [-0.25, -0.2) is 0 Å². The Balaban J connectivity index is 1.04. The highest BCUT2D eigenvalue weighted by Crippen LogP contribution is 2.51. The van der Waals surface area contributed by atoms with Crippen LogP contribution >= 0.6 is 0 Å². The van der Waals surface area contributed by atoms with Crippen LogP contribution in [0.1, 0.15) is 11.1 Å². The second-order valence-corrected chi connectivity index (χ2v) is 20.6. The average molecular weight is 976 g/mol. The van der Waals surface area contributed by atoms with Crippen LogP contribution in [0.4, 0.5) is 51.2 Å². The summed E-state index contributed by atoms with van der Waals surface area (Å²) < 4.78 is 26.7. The van der Waals surface area contributed by atoms with Crippen molar-refractivity contribution in [2.24, 2.45) is 0 Å². The van der Waals surface area contributed by atoms with Gasteiger partial charge in [-0.15, -0.1) is 0 Å². The summed E-state index contributed by atoms with van der Waals surface area (Å²) >= 11 is 0. The van der Waals surface area contributed by atoms with Crippen molar-refractivity contribution in [2.75, 3.05) is 14.7 Å². The summed E-state index contributed by atoms with van der Waals surface area (Å²) in [4.78, 5) is 7.40. The molecular formula is C68H42BN3O4. The number of nitrogens with zero attached hydrogens (tertiary/aromatic N) is 3. The van der Waals surface area contributed by atoms with E-state index >= 15 is 0 Å². The minimum absolute atomic E-state index is 0.254. The first-order valence-electron chi connectivity index (χ1n) is 25.9. The highest BCUT2D eigenvalue weighted by Gasteiger charge is 2.45. The number of hydrogen-bond acceptors (Lipinski definition) is 7. The van der Waals surface area contributed by atoms with Crippen LogP contribution in [-0.4, -0.2) is 6.71 Å². The predicted molar refractivity (Wildman–Crippen MR) is 314 cm³/mol. The summed E-state index contributed by atoms with van der Waals surface area (Å²) in [5.74, 6) is 0. The third-order valence-electron chi connectivity index (χ3n) is 16.1. The Labute approximate surface area is 435 Å². The van der Waals surface area contributed by atoms with E-state index in [2.05, 4.69) is 223 Å². The zero-order valence-corrected chi connectivity index (χ0v) is 41.3. The monoisotopic (exact) mass is 975 g/mol. The number of fused-ring (bicyclic) bond motifs is 16. The van der Waals surface area contributed by atoms with Crippen LogP contribution in [0, 0.1) is 13.8 Å². The zero-order valence-electron chi connectivity index (χ0n) is 41.3. The lowest BCUT2D eigenvalue weighted by Gasteiger charge is -2.45. The number of furan rings is 4. The molecule has 356 valence electrons. The van der Waals surface area contributed by atoms with Crippen LogP contribution in [0.2, 0.25) is 0 Å². The van der Waals surface area contributed by atoms with Gasteiger partial charge in [-0.3, -0.25) is 0 Å². The van der Waals surface area contributed by atoms with Crippen LogP contribution in [0.25, 0.3) is 87.8 Å². The number of para-hydroxylation sites is 4. The molecule has 0 spiro atoms. The van der Waals surface area contributed by atoms with Crippen molar-refractivity contribution in [3.8, 4) is 0 Å². The zero-order chi connectivity index (χ0) is 49.9. The van der Waals surface area contributed by atoms with Crippen LogP contribution in [0.3, 0.4) is 0 Å². The maximum Gasteiger partial charge on any atom is 0.252 e. The molecule has 11 aromatic carbocycles. The Morgan fingerprint density at radius 1 is 0.303 bits per heavy atom. The van der Waals surface area contributed by atoms with E-state index in [1.54, 1.807) is 0 Å². The number of anilines is 9. The highest BCUT2D eigenvalue weighted by molar-refractivity contribution is 7.00. The minimum atomic E-state index is -0.254. The molecule has 6 heterocycles. The van der Waals surface area contributed by atoms with Gasteiger partial charge >= 0.3 is 0 Å². The van der Waals surface area contributed by atoms with Gasteiger partial charge in [0, 0.05) is 88.6 Å². The Bertz CT molecular complexity index is 4640. The first kappa shape index (κ1) is 41.5. The molecule has 8 heteroatoms. The number of rotatable bonds is 5. The Morgan fingerprint density at radius 2 is 0.658 bits per heavy atom. The lowest BCUT2D eigenvalue weighted by Crippen LogP contribution is -2.61. The normalized spacial score (nSPS) is 13.1. The quantitative estimate of drug-likeness (QED) is 0.159. The lowest BCUT2D eigenvalue weighted by molar-refractivity contribution is 0.668. The minimum Gasteiger partial charge on any atom is -0.456 e. The molecular weight excluding hydrogens is 934 g/mol. The van der Waals surface area contributed by atoms with Gasteiger partial charge in [-0.2, -0.15) is 0 Å². The molecule has 0 N–H and O–H groups in total. The molecule has 0 bridgehead atoms. The van der Waals surface area contributed by atoms with E-state index in [1.807, 2.05) is 24.3 Å². The summed E-state index contributed by atoms with van der Waals surface area (Å²) in [7, 11) is 0. The van der Waals surface area contributed by atoms with E-state index in [0.29, 0.717) is 0 Å². The number of benzene rings is 11. The van der Waals surface area contributed by atoms with Gasteiger partial charge in [-0.05, 0) is 152 Å². The fourth-order valence-corrected chi connectivity index (χ4v) is 12.6. The van der Waals surface area contributed by atoms with Gasteiger partial charge in [0.25, 0.3) is 6.71 Å². The van der Waals surface area contributed by atoms with Crippen LogP contribution < -0.4 is 31.1 Å². The van der Waals surface area contributed by atoms with E-state index in [9.17, 15) is 0 Å². The van der Waals surface area contributed by atoms with E-state index < -0.39 is 0 Å².